The fourth-order valence-electron chi connectivity index (χ4n) is 3.14. The van der Waals surface area contributed by atoms with E-state index in [4.69, 9.17) is 16.0 Å². The predicted octanol–water partition coefficient (Wildman–Crippen LogP) is 3.48. The quantitative estimate of drug-likeness (QED) is 0.647. The zero-order valence-corrected chi connectivity index (χ0v) is 17.3. The fourth-order valence-corrected chi connectivity index (χ4v) is 4.09. The second kappa shape index (κ2) is 8.26. The molecule has 0 saturated carbocycles. The molecule has 0 bridgehead atoms. The highest BCUT2D eigenvalue weighted by Gasteiger charge is 2.19. The third kappa shape index (κ3) is 4.44. The van der Waals surface area contributed by atoms with Gasteiger partial charge in [0.1, 0.15) is 5.76 Å². The lowest BCUT2D eigenvalue weighted by Gasteiger charge is -2.29. The minimum Gasteiger partial charge on any atom is -0.440 e. The van der Waals surface area contributed by atoms with Gasteiger partial charge >= 0.3 is 0 Å². The average molecular weight is 431 g/mol. The van der Waals surface area contributed by atoms with Crippen molar-refractivity contribution in [2.75, 3.05) is 29.9 Å². The van der Waals surface area contributed by atoms with Gasteiger partial charge in [-0.15, -0.1) is 11.3 Å². The van der Waals surface area contributed by atoms with E-state index in [1.807, 2.05) is 28.5 Å². The molecule has 2 amide bonds. The SMILES string of the molecule is Cc1oc(-c2cccs2)nc1CC(=O)Nc1ccc(N2CCNC(=O)C2)c(Cl)c1. The van der Waals surface area contributed by atoms with Crippen LogP contribution in [-0.2, 0) is 16.0 Å². The molecule has 3 heterocycles. The van der Waals surface area contributed by atoms with Gasteiger partial charge in [0.15, 0.2) is 0 Å². The summed E-state index contributed by atoms with van der Waals surface area (Å²) in [6.45, 7) is 3.34. The number of rotatable bonds is 5. The Morgan fingerprint density at radius 2 is 2.28 bits per heavy atom. The van der Waals surface area contributed by atoms with Crippen molar-refractivity contribution in [2.24, 2.45) is 0 Å². The van der Waals surface area contributed by atoms with Crippen molar-refractivity contribution in [1.29, 1.82) is 0 Å². The summed E-state index contributed by atoms with van der Waals surface area (Å²) in [7, 11) is 0. The Balaban J connectivity index is 1.42. The third-order valence-electron chi connectivity index (χ3n) is 4.56. The number of benzene rings is 1. The number of thiophene rings is 1. The first-order chi connectivity index (χ1) is 14.0. The monoisotopic (exact) mass is 430 g/mol. The molecule has 1 aliphatic heterocycles. The van der Waals surface area contributed by atoms with E-state index in [1.54, 1.807) is 19.1 Å². The number of amides is 2. The molecule has 0 atom stereocenters. The number of nitrogens with zero attached hydrogens (tertiary/aromatic N) is 2. The van der Waals surface area contributed by atoms with Gasteiger partial charge in [-0.1, -0.05) is 17.7 Å². The summed E-state index contributed by atoms with van der Waals surface area (Å²) < 4.78 is 5.68. The van der Waals surface area contributed by atoms with Gasteiger partial charge in [-0.2, -0.15) is 0 Å². The minimum absolute atomic E-state index is 0.0328. The van der Waals surface area contributed by atoms with Gasteiger partial charge in [0.05, 0.1) is 34.2 Å². The largest absolute Gasteiger partial charge is 0.440 e. The second-order valence-electron chi connectivity index (χ2n) is 6.66. The third-order valence-corrected chi connectivity index (χ3v) is 5.72. The van der Waals surface area contributed by atoms with Crippen LogP contribution in [0, 0.1) is 6.92 Å². The highest BCUT2D eigenvalue weighted by Crippen LogP contribution is 2.30. The van der Waals surface area contributed by atoms with Crippen molar-refractivity contribution >= 4 is 46.1 Å². The van der Waals surface area contributed by atoms with E-state index < -0.39 is 0 Å². The summed E-state index contributed by atoms with van der Waals surface area (Å²) in [5, 5.41) is 8.06. The molecular formula is C20H19ClN4O3S. The lowest BCUT2D eigenvalue weighted by molar-refractivity contribution is -0.120. The van der Waals surface area contributed by atoms with Gasteiger partial charge in [-0.05, 0) is 36.6 Å². The van der Waals surface area contributed by atoms with E-state index in [9.17, 15) is 9.59 Å². The van der Waals surface area contributed by atoms with Gasteiger partial charge in [0.25, 0.3) is 0 Å². The molecule has 3 aromatic rings. The van der Waals surface area contributed by atoms with Crippen LogP contribution in [0.3, 0.4) is 0 Å². The molecule has 0 aliphatic carbocycles. The van der Waals surface area contributed by atoms with Crippen molar-refractivity contribution < 1.29 is 14.0 Å². The van der Waals surface area contributed by atoms with Crippen molar-refractivity contribution in [3.05, 3.63) is 52.2 Å². The molecule has 9 heteroatoms. The molecule has 7 nitrogen and oxygen atoms in total. The summed E-state index contributed by atoms with van der Waals surface area (Å²) in [5.41, 5.74) is 1.96. The summed E-state index contributed by atoms with van der Waals surface area (Å²) in [4.78, 5) is 31.3. The number of halogens is 1. The Hall–Kier alpha value is -2.84. The van der Waals surface area contributed by atoms with E-state index in [-0.39, 0.29) is 24.8 Å². The maximum atomic E-state index is 12.5. The van der Waals surface area contributed by atoms with Crippen molar-refractivity contribution in [3.8, 4) is 10.8 Å². The topological polar surface area (TPSA) is 87.5 Å². The number of oxazole rings is 1. The number of carbonyl (C=O) groups is 2. The van der Waals surface area contributed by atoms with E-state index in [0.717, 1.165) is 10.6 Å². The molecule has 1 aromatic carbocycles. The number of anilines is 2. The van der Waals surface area contributed by atoms with Crippen LogP contribution in [-0.4, -0.2) is 36.4 Å². The maximum Gasteiger partial charge on any atom is 0.239 e. The lowest BCUT2D eigenvalue weighted by atomic mass is 10.2. The Bertz CT molecular complexity index is 1050. The number of piperazine rings is 1. The first-order valence-electron chi connectivity index (χ1n) is 9.11. The van der Waals surface area contributed by atoms with Crippen LogP contribution in [0.2, 0.25) is 5.02 Å². The first-order valence-corrected chi connectivity index (χ1v) is 10.4. The number of nitrogens with one attached hydrogen (secondary N) is 2. The minimum atomic E-state index is -0.208. The van der Waals surface area contributed by atoms with Gasteiger partial charge in [0, 0.05) is 18.8 Å². The standard InChI is InChI=1S/C20H19ClN4O3S/c1-12-15(24-20(28-12)17-3-2-8-29-17)10-18(26)23-13-4-5-16(14(21)9-13)25-7-6-22-19(27)11-25/h2-5,8-9H,6-7,10-11H2,1H3,(H,22,27)(H,23,26). The molecule has 4 rings (SSSR count). The van der Waals surface area contributed by atoms with E-state index >= 15 is 0 Å². The molecular weight excluding hydrogens is 412 g/mol. The Morgan fingerprint density at radius 1 is 1.41 bits per heavy atom. The van der Waals surface area contributed by atoms with Gasteiger partial charge < -0.3 is 20.0 Å². The predicted molar refractivity (Wildman–Crippen MR) is 114 cm³/mol. The normalized spacial score (nSPS) is 14.0. The zero-order chi connectivity index (χ0) is 20.4. The highest BCUT2D eigenvalue weighted by molar-refractivity contribution is 7.13. The van der Waals surface area contributed by atoms with Gasteiger partial charge in [0.2, 0.25) is 17.7 Å². The highest BCUT2D eigenvalue weighted by atomic mass is 35.5. The van der Waals surface area contributed by atoms with Crippen LogP contribution in [0.15, 0.2) is 40.1 Å². The van der Waals surface area contributed by atoms with E-state index in [1.165, 1.54) is 11.3 Å². The van der Waals surface area contributed by atoms with Gasteiger partial charge in [-0.25, -0.2) is 4.98 Å². The van der Waals surface area contributed by atoms with Crippen LogP contribution in [0.4, 0.5) is 11.4 Å². The molecule has 1 aliphatic rings. The molecule has 1 fully saturated rings. The van der Waals surface area contributed by atoms with Gasteiger partial charge in [-0.3, -0.25) is 9.59 Å². The second-order valence-corrected chi connectivity index (χ2v) is 8.02. The van der Waals surface area contributed by atoms with Crippen LogP contribution < -0.4 is 15.5 Å². The molecule has 0 spiro atoms. The number of hydrogen-bond acceptors (Lipinski definition) is 6. The van der Waals surface area contributed by atoms with Crippen LogP contribution >= 0.6 is 22.9 Å². The Labute approximate surface area is 176 Å². The summed E-state index contributed by atoms with van der Waals surface area (Å²) in [6, 6.07) is 9.13. The van der Waals surface area contributed by atoms with Crippen molar-refractivity contribution in [2.45, 2.75) is 13.3 Å². The summed E-state index contributed by atoms with van der Waals surface area (Å²) in [6.07, 6.45) is 0.104. The number of aromatic nitrogens is 1. The summed E-state index contributed by atoms with van der Waals surface area (Å²) in [5.74, 6) is 0.911. The van der Waals surface area contributed by atoms with E-state index in [0.29, 0.717) is 41.1 Å². The number of aryl methyl sites for hydroxylation is 1. The maximum absolute atomic E-state index is 12.5. The smallest absolute Gasteiger partial charge is 0.239 e. The van der Waals surface area contributed by atoms with E-state index in [2.05, 4.69) is 15.6 Å². The van der Waals surface area contributed by atoms with Crippen LogP contribution in [0.5, 0.6) is 0 Å². The van der Waals surface area contributed by atoms with Crippen LogP contribution in [0.1, 0.15) is 11.5 Å². The number of hydrogen-bond donors (Lipinski definition) is 2. The first kappa shape index (κ1) is 19.5. The Morgan fingerprint density at radius 3 is 3.00 bits per heavy atom. The van der Waals surface area contributed by atoms with Crippen molar-refractivity contribution in [3.63, 3.8) is 0 Å². The molecule has 29 heavy (non-hydrogen) atoms. The molecule has 2 aromatic heterocycles. The number of carbonyl (C=O) groups excluding carboxylic acids is 2. The average Bonchev–Trinajstić information content (AvgIpc) is 3.32. The fraction of sp³-hybridized carbons (Fsp3) is 0.250. The molecule has 0 unspecified atom stereocenters. The molecule has 0 radical (unpaired) electrons. The van der Waals surface area contributed by atoms with Crippen molar-refractivity contribution in [1.82, 2.24) is 10.3 Å². The Kier molecular flexibility index (Phi) is 5.55. The molecule has 2 N–H and O–H groups in total. The van der Waals surface area contributed by atoms with Crippen LogP contribution in [0.25, 0.3) is 10.8 Å². The zero-order valence-electron chi connectivity index (χ0n) is 15.7. The lowest BCUT2D eigenvalue weighted by Crippen LogP contribution is -2.47. The summed E-state index contributed by atoms with van der Waals surface area (Å²) >= 11 is 7.92. The molecule has 1 saturated heterocycles. The molecule has 150 valence electrons.